The molecular formula is C30H26ClN5OS. The molecule has 6 nitrogen and oxygen atoms in total. The first-order chi connectivity index (χ1) is 18.6. The average Bonchev–Trinajstić information content (AvgIpc) is 3.63. The molecule has 0 radical (unpaired) electrons. The summed E-state index contributed by atoms with van der Waals surface area (Å²) in [6.07, 6.45) is 0. The SMILES string of the molecule is O=C(c1cc(-c2ccccc2)n(-c2nc(-c3ccc(Cl)cc3)cs2)n1)N1CCN(Cc2ccccc2)CC1. The molecule has 0 aliphatic carbocycles. The Morgan fingerprint density at radius 2 is 1.53 bits per heavy atom. The lowest BCUT2D eigenvalue weighted by Gasteiger charge is -2.34. The Labute approximate surface area is 230 Å². The number of carbonyl (C=O) groups excluding carboxylic acids is 1. The molecule has 1 aliphatic heterocycles. The second kappa shape index (κ2) is 10.9. The number of hydrogen-bond donors (Lipinski definition) is 0. The first-order valence-corrected chi connectivity index (χ1v) is 13.8. The first-order valence-electron chi connectivity index (χ1n) is 12.6. The monoisotopic (exact) mass is 539 g/mol. The standard InChI is InChI=1S/C30H26ClN5OS/c31-25-13-11-23(12-14-25)27-21-38-30(32-27)36-28(24-9-5-2-6-10-24)19-26(33-36)29(37)35-17-15-34(16-18-35)20-22-7-3-1-4-8-22/h1-14,19,21H,15-18,20H2. The molecule has 1 aliphatic rings. The van der Waals surface area contributed by atoms with Crippen molar-refractivity contribution in [2.75, 3.05) is 26.2 Å². The van der Waals surface area contributed by atoms with Crippen LogP contribution in [0.25, 0.3) is 27.6 Å². The fraction of sp³-hybridized carbons (Fsp3) is 0.167. The number of hydrogen-bond acceptors (Lipinski definition) is 5. The van der Waals surface area contributed by atoms with Gasteiger partial charge in [-0.2, -0.15) is 5.10 Å². The van der Waals surface area contributed by atoms with Crippen LogP contribution in [0.1, 0.15) is 16.1 Å². The van der Waals surface area contributed by atoms with Gasteiger partial charge >= 0.3 is 0 Å². The molecule has 38 heavy (non-hydrogen) atoms. The van der Waals surface area contributed by atoms with Crippen LogP contribution in [0, 0.1) is 0 Å². The smallest absolute Gasteiger partial charge is 0.274 e. The van der Waals surface area contributed by atoms with Gasteiger partial charge in [0.25, 0.3) is 5.91 Å². The van der Waals surface area contributed by atoms with Crippen LogP contribution < -0.4 is 0 Å². The van der Waals surface area contributed by atoms with E-state index in [1.807, 2.05) is 77.0 Å². The maximum atomic E-state index is 13.6. The van der Waals surface area contributed by atoms with Crippen molar-refractivity contribution < 1.29 is 4.79 Å². The number of aromatic nitrogens is 3. The largest absolute Gasteiger partial charge is 0.335 e. The lowest BCUT2D eigenvalue weighted by atomic mass is 10.1. The van der Waals surface area contributed by atoms with Gasteiger partial charge in [0.15, 0.2) is 5.69 Å². The van der Waals surface area contributed by atoms with E-state index < -0.39 is 0 Å². The molecule has 0 bridgehead atoms. The summed E-state index contributed by atoms with van der Waals surface area (Å²) in [5.41, 5.74) is 5.38. The minimum Gasteiger partial charge on any atom is -0.335 e. The Kier molecular flexibility index (Phi) is 7.05. The number of nitrogens with zero attached hydrogens (tertiary/aromatic N) is 5. The number of rotatable bonds is 6. The number of amides is 1. The predicted octanol–water partition coefficient (Wildman–Crippen LogP) is 6.27. The van der Waals surface area contributed by atoms with Gasteiger partial charge in [0, 0.05) is 54.3 Å². The normalized spacial score (nSPS) is 14.1. The van der Waals surface area contributed by atoms with Crippen molar-refractivity contribution >= 4 is 28.8 Å². The van der Waals surface area contributed by atoms with E-state index in [2.05, 4.69) is 29.2 Å². The number of benzene rings is 3. The molecule has 5 aromatic rings. The van der Waals surface area contributed by atoms with Gasteiger partial charge in [0.2, 0.25) is 5.13 Å². The van der Waals surface area contributed by atoms with Gasteiger partial charge in [0.05, 0.1) is 11.4 Å². The van der Waals surface area contributed by atoms with Crippen LogP contribution >= 0.6 is 22.9 Å². The van der Waals surface area contributed by atoms with Gasteiger partial charge in [-0.1, -0.05) is 84.4 Å². The van der Waals surface area contributed by atoms with Gasteiger partial charge in [-0.15, -0.1) is 11.3 Å². The molecular weight excluding hydrogens is 514 g/mol. The lowest BCUT2D eigenvalue weighted by Crippen LogP contribution is -2.48. The number of carbonyl (C=O) groups is 1. The Balaban J connectivity index is 1.24. The average molecular weight is 540 g/mol. The number of thiazole rings is 1. The van der Waals surface area contributed by atoms with Gasteiger partial charge in [0.1, 0.15) is 0 Å². The summed E-state index contributed by atoms with van der Waals surface area (Å²) in [6, 6.07) is 30.0. The van der Waals surface area contributed by atoms with E-state index in [1.54, 1.807) is 4.68 Å². The second-order valence-corrected chi connectivity index (χ2v) is 10.5. The summed E-state index contributed by atoms with van der Waals surface area (Å²) < 4.78 is 1.79. The maximum absolute atomic E-state index is 13.6. The Hall–Kier alpha value is -3.78. The van der Waals surface area contributed by atoms with Crippen LogP contribution in [0.5, 0.6) is 0 Å². The fourth-order valence-corrected chi connectivity index (χ4v) is 5.60. The zero-order valence-electron chi connectivity index (χ0n) is 20.7. The summed E-state index contributed by atoms with van der Waals surface area (Å²) in [5, 5.41) is 8.18. The summed E-state index contributed by atoms with van der Waals surface area (Å²) in [5.74, 6) is -0.0465. The molecule has 0 unspecified atom stereocenters. The zero-order valence-corrected chi connectivity index (χ0v) is 22.3. The maximum Gasteiger partial charge on any atom is 0.274 e. The van der Waals surface area contributed by atoms with Crippen LogP contribution in [-0.2, 0) is 6.54 Å². The minimum atomic E-state index is -0.0465. The third kappa shape index (κ3) is 5.27. The highest BCUT2D eigenvalue weighted by molar-refractivity contribution is 7.12. The van der Waals surface area contributed by atoms with Crippen LogP contribution in [0.15, 0.2) is 96.4 Å². The van der Waals surface area contributed by atoms with Gasteiger partial charge in [-0.3, -0.25) is 9.69 Å². The molecule has 3 aromatic carbocycles. The molecule has 0 saturated carbocycles. The Morgan fingerprint density at radius 1 is 0.842 bits per heavy atom. The van der Waals surface area contributed by atoms with Crippen molar-refractivity contribution in [1.82, 2.24) is 24.6 Å². The highest BCUT2D eigenvalue weighted by Crippen LogP contribution is 2.30. The second-order valence-electron chi connectivity index (χ2n) is 9.27. The third-order valence-corrected chi connectivity index (χ3v) is 7.79. The topological polar surface area (TPSA) is 54.3 Å². The molecule has 1 saturated heterocycles. The number of piperazine rings is 1. The van der Waals surface area contributed by atoms with E-state index in [0.29, 0.717) is 28.9 Å². The molecule has 3 heterocycles. The highest BCUT2D eigenvalue weighted by atomic mass is 35.5. The van der Waals surface area contributed by atoms with Crippen LogP contribution in [0.2, 0.25) is 5.02 Å². The lowest BCUT2D eigenvalue weighted by molar-refractivity contribution is 0.0622. The van der Waals surface area contributed by atoms with Crippen molar-refractivity contribution in [3.63, 3.8) is 0 Å². The van der Waals surface area contributed by atoms with Crippen LogP contribution in [0.3, 0.4) is 0 Å². The number of halogens is 1. The zero-order chi connectivity index (χ0) is 25.9. The molecule has 2 aromatic heterocycles. The van der Waals surface area contributed by atoms with Crippen molar-refractivity contribution in [3.05, 3.63) is 113 Å². The van der Waals surface area contributed by atoms with Crippen LogP contribution in [0.4, 0.5) is 0 Å². The third-order valence-electron chi connectivity index (χ3n) is 6.72. The summed E-state index contributed by atoms with van der Waals surface area (Å²) in [7, 11) is 0. The van der Waals surface area contributed by atoms with E-state index in [1.165, 1.54) is 16.9 Å². The molecule has 0 spiro atoms. The van der Waals surface area contributed by atoms with Crippen LogP contribution in [-0.4, -0.2) is 56.7 Å². The van der Waals surface area contributed by atoms with E-state index in [0.717, 1.165) is 42.1 Å². The fourth-order valence-electron chi connectivity index (χ4n) is 4.67. The van der Waals surface area contributed by atoms with Crippen molar-refractivity contribution in [2.24, 2.45) is 0 Å². The highest BCUT2D eigenvalue weighted by Gasteiger charge is 2.26. The molecule has 8 heteroatoms. The summed E-state index contributed by atoms with van der Waals surface area (Å²) in [4.78, 5) is 22.7. The Morgan fingerprint density at radius 3 is 2.24 bits per heavy atom. The minimum absolute atomic E-state index is 0.0465. The van der Waals surface area contributed by atoms with E-state index in [9.17, 15) is 4.79 Å². The van der Waals surface area contributed by atoms with Gasteiger partial charge < -0.3 is 4.90 Å². The predicted molar refractivity (Wildman–Crippen MR) is 153 cm³/mol. The first kappa shape index (κ1) is 24.6. The van der Waals surface area contributed by atoms with E-state index in [4.69, 9.17) is 21.7 Å². The Bertz CT molecular complexity index is 1520. The quantitative estimate of drug-likeness (QED) is 0.255. The molecule has 0 atom stereocenters. The van der Waals surface area contributed by atoms with Gasteiger partial charge in [-0.25, -0.2) is 9.67 Å². The van der Waals surface area contributed by atoms with Crippen molar-refractivity contribution in [3.8, 4) is 27.6 Å². The molecule has 0 N–H and O–H groups in total. The molecule has 1 fully saturated rings. The van der Waals surface area contributed by atoms with E-state index >= 15 is 0 Å². The summed E-state index contributed by atoms with van der Waals surface area (Å²) in [6.45, 7) is 3.93. The van der Waals surface area contributed by atoms with Crippen molar-refractivity contribution in [2.45, 2.75) is 6.54 Å². The molecule has 1 amide bonds. The molecule has 6 rings (SSSR count). The van der Waals surface area contributed by atoms with Gasteiger partial charge in [-0.05, 0) is 23.8 Å². The molecule has 190 valence electrons. The summed E-state index contributed by atoms with van der Waals surface area (Å²) >= 11 is 7.56. The van der Waals surface area contributed by atoms with Crippen molar-refractivity contribution in [1.29, 1.82) is 0 Å². The van der Waals surface area contributed by atoms with E-state index in [-0.39, 0.29) is 5.91 Å².